The lowest BCUT2D eigenvalue weighted by molar-refractivity contribution is 0.00413. The molecular weight excluding hydrogens is 304 g/mol. The molecule has 0 aliphatic carbocycles. The number of aromatic nitrogens is 1. The molecule has 3 rings (SSSR count). The number of ether oxygens (including phenoxy) is 1. The topological polar surface area (TPSA) is 62.7 Å². The number of para-hydroxylation sites is 1. The van der Waals surface area contributed by atoms with Crippen LogP contribution in [0.3, 0.4) is 0 Å². The molecule has 1 aromatic heterocycles. The molecule has 5 nitrogen and oxygen atoms in total. The number of β-amino-alcohol motifs (C(OH)–C–C–N with tert-alkyl or cyclic N) is 1. The molecule has 1 N–H and O–H groups in total. The van der Waals surface area contributed by atoms with Gasteiger partial charge in [-0.15, -0.1) is 0 Å². The molecule has 1 saturated heterocycles. The number of carbonyl (C=O) groups is 1. The number of rotatable bonds is 4. The molecule has 2 heterocycles. The van der Waals surface area contributed by atoms with Crippen LogP contribution in [0.5, 0.6) is 5.75 Å². The van der Waals surface area contributed by atoms with Crippen LogP contribution in [-0.4, -0.2) is 46.2 Å². The van der Waals surface area contributed by atoms with Crippen molar-refractivity contribution in [2.24, 2.45) is 0 Å². The second-order valence-electron chi connectivity index (χ2n) is 6.44. The zero-order valence-electron chi connectivity index (χ0n) is 14.0. The summed E-state index contributed by atoms with van der Waals surface area (Å²) in [6.45, 7) is 4.80. The van der Waals surface area contributed by atoms with Gasteiger partial charge >= 0.3 is 0 Å². The molecule has 2 aromatic rings. The number of likely N-dealkylation sites (tertiary alicyclic amines) is 1. The number of hydrogen-bond acceptors (Lipinski definition) is 4. The lowest BCUT2D eigenvalue weighted by atomic mass is 10.1. The molecule has 1 amide bonds. The van der Waals surface area contributed by atoms with E-state index in [4.69, 9.17) is 4.74 Å². The zero-order chi connectivity index (χ0) is 17.2. The quantitative estimate of drug-likeness (QED) is 0.937. The van der Waals surface area contributed by atoms with Crippen LogP contribution >= 0.6 is 0 Å². The van der Waals surface area contributed by atoms with E-state index in [-0.39, 0.29) is 19.1 Å². The van der Waals surface area contributed by atoms with Gasteiger partial charge in [0.15, 0.2) is 0 Å². The van der Waals surface area contributed by atoms with E-state index in [1.54, 1.807) is 23.2 Å². The van der Waals surface area contributed by atoms with Crippen molar-refractivity contribution in [1.29, 1.82) is 0 Å². The predicted molar refractivity (Wildman–Crippen MR) is 91.1 cm³/mol. The van der Waals surface area contributed by atoms with Gasteiger partial charge in [-0.05, 0) is 44.0 Å². The summed E-state index contributed by atoms with van der Waals surface area (Å²) in [5.74, 6) is 0.688. The van der Waals surface area contributed by atoms with Crippen molar-refractivity contribution in [2.75, 3.05) is 19.7 Å². The minimum Gasteiger partial charge on any atom is -0.490 e. The largest absolute Gasteiger partial charge is 0.490 e. The second-order valence-corrected chi connectivity index (χ2v) is 6.44. The third-order valence-electron chi connectivity index (χ3n) is 4.35. The Morgan fingerprint density at radius 3 is 2.88 bits per heavy atom. The van der Waals surface area contributed by atoms with Gasteiger partial charge in [0.2, 0.25) is 0 Å². The van der Waals surface area contributed by atoms with E-state index < -0.39 is 5.60 Å². The molecule has 1 aromatic carbocycles. The van der Waals surface area contributed by atoms with Gasteiger partial charge in [-0.1, -0.05) is 18.2 Å². The first-order chi connectivity index (χ1) is 11.5. The Morgan fingerprint density at radius 1 is 1.33 bits per heavy atom. The van der Waals surface area contributed by atoms with Crippen LogP contribution < -0.4 is 4.74 Å². The monoisotopic (exact) mass is 326 g/mol. The maximum Gasteiger partial charge on any atom is 0.254 e. The van der Waals surface area contributed by atoms with Crippen molar-refractivity contribution < 1.29 is 14.6 Å². The molecule has 1 fully saturated rings. The first-order valence-corrected chi connectivity index (χ1v) is 8.10. The van der Waals surface area contributed by atoms with Gasteiger partial charge in [0.1, 0.15) is 18.0 Å². The van der Waals surface area contributed by atoms with Crippen molar-refractivity contribution in [2.45, 2.75) is 25.9 Å². The lowest BCUT2D eigenvalue weighted by Gasteiger charge is -2.24. The van der Waals surface area contributed by atoms with Crippen LogP contribution in [0.1, 0.15) is 28.0 Å². The second kappa shape index (κ2) is 6.61. The Labute approximate surface area is 141 Å². The smallest absolute Gasteiger partial charge is 0.254 e. The maximum absolute atomic E-state index is 12.6. The number of benzene rings is 1. The number of pyridine rings is 1. The summed E-state index contributed by atoms with van der Waals surface area (Å²) in [5.41, 5.74) is 1.42. The number of carbonyl (C=O) groups excluding carboxylic acids is 1. The molecule has 1 aliphatic rings. The molecule has 5 heteroatoms. The highest BCUT2D eigenvalue weighted by atomic mass is 16.5. The molecule has 1 atom stereocenters. The van der Waals surface area contributed by atoms with Gasteiger partial charge < -0.3 is 14.7 Å². The van der Waals surface area contributed by atoms with Crippen molar-refractivity contribution in [3.05, 3.63) is 59.4 Å². The molecule has 24 heavy (non-hydrogen) atoms. The molecule has 0 saturated carbocycles. The van der Waals surface area contributed by atoms with Crippen molar-refractivity contribution in [1.82, 2.24) is 9.88 Å². The van der Waals surface area contributed by atoms with Crippen molar-refractivity contribution in [3.63, 3.8) is 0 Å². The zero-order valence-corrected chi connectivity index (χ0v) is 14.0. The van der Waals surface area contributed by atoms with E-state index in [2.05, 4.69) is 4.98 Å². The van der Waals surface area contributed by atoms with E-state index in [1.807, 2.05) is 38.1 Å². The Bertz CT molecular complexity index is 747. The average Bonchev–Trinajstić information content (AvgIpc) is 2.96. The van der Waals surface area contributed by atoms with Crippen LogP contribution in [0, 0.1) is 13.8 Å². The van der Waals surface area contributed by atoms with Crippen molar-refractivity contribution >= 4 is 5.91 Å². The molecular formula is C19H22N2O3. The minimum atomic E-state index is -1.01. The summed E-state index contributed by atoms with van der Waals surface area (Å²) < 4.78 is 5.78. The minimum absolute atomic E-state index is 0.0766. The average molecular weight is 326 g/mol. The summed E-state index contributed by atoms with van der Waals surface area (Å²) in [6, 6.07) is 11.2. The maximum atomic E-state index is 12.6. The Morgan fingerprint density at radius 2 is 2.12 bits per heavy atom. The fraction of sp³-hybridized carbons (Fsp3) is 0.368. The first kappa shape index (κ1) is 16.5. The van der Waals surface area contributed by atoms with E-state index in [0.29, 0.717) is 18.5 Å². The number of aliphatic hydroxyl groups is 1. The number of aryl methyl sites for hydroxylation is 2. The first-order valence-electron chi connectivity index (χ1n) is 8.10. The standard InChI is InChI=1S/C19H22N2O3/c1-14-5-3-4-6-17(14)24-13-19(23)8-10-21(12-19)18(22)16-7-9-20-15(2)11-16/h3-7,9,11,23H,8,10,12-13H2,1-2H3/t19-/m0/s1. The molecule has 0 unspecified atom stereocenters. The summed E-state index contributed by atoms with van der Waals surface area (Å²) in [5, 5.41) is 10.7. The van der Waals surface area contributed by atoms with E-state index in [1.165, 1.54) is 0 Å². The number of hydrogen-bond donors (Lipinski definition) is 1. The number of nitrogens with zero attached hydrogens (tertiary/aromatic N) is 2. The Hall–Kier alpha value is -2.40. The van der Waals surface area contributed by atoms with E-state index in [0.717, 1.165) is 17.0 Å². The summed E-state index contributed by atoms with van der Waals surface area (Å²) in [4.78, 5) is 18.3. The molecule has 1 aliphatic heterocycles. The van der Waals surface area contributed by atoms with Gasteiger partial charge in [-0.2, -0.15) is 0 Å². The fourth-order valence-electron chi connectivity index (χ4n) is 2.94. The van der Waals surface area contributed by atoms with Crippen LogP contribution in [0.25, 0.3) is 0 Å². The summed E-state index contributed by atoms with van der Waals surface area (Å²) in [6.07, 6.45) is 2.14. The van der Waals surface area contributed by atoms with E-state index in [9.17, 15) is 9.90 Å². The summed E-state index contributed by atoms with van der Waals surface area (Å²) >= 11 is 0. The highest BCUT2D eigenvalue weighted by Gasteiger charge is 2.39. The van der Waals surface area contributed by atoms with Crippen LogP contribution in [0.4, 0.5) is 0 Å². The highest BCUT2D eigenvalue weighted by molar-refractivity contribution is 5.94. The van der Waals surface area contributed by atoms with Gasteiger partial charge in [-0.25, -0.2) is 0 Å². The Balaban J connectivity index is 1.63. The van der Waals surface area contributed by atoms with Crippen LogP contribution in [0.2, 0.25) is 0 Å². The van der Waals surface area contributed by atoms with Crippen LogP contribution in [-0.2, 0) is 0 Å². The van der Waals surface area contributed by atoms with Gasteiger partial charge in [0.25, 0.3) is 5.91 Å². The van der Waals surface area contributed by atoms with Crippen LogP contribution in [0.15, 0.2) is 42.6 Å². The van der Waals surface area contributed by atoms with Gasteiger partial charge in [0, 0.05) is 24.0 Å². The molecule has 0 spiro atoms. The highest BCUT2D eigenvalue weighted by Crippen LogP contribution is 2.25. The van der Waals surface area contributed by atoms with Crippen molar-refractivity contribution in [3.8, 4) is 5.75 Å². The fourth-order valence-corrected chi connectivity index (χ4v) is 2.94. The molecule has 0 radical (unpaired) electrons. The normalized spacial score (nSPS) is 20.2. The summed E-state index contributed by atoms with van der Waals surface area (Å²) in [7, 11) is 0. The lowest BCUT2D eigenvalue weighted by Crippen LogP contribution is -2.40. The molecule has 0 bridgehead atoms. The number of amides is 1. The SMILES string of the molecule is Cc1cc(C(=O)N2CC[C@@](O)(COc3ccccc3C)C2)ccn1. The van der Waals surface area contributed by atoms with Gasteiger partial charge in [-0.3, -0.25) is 9.78 Å². The third-order valence-corrected chi connectivity index (χ3v) is 4.35. The predicted octanol–water partition coefficient (Wildman–Crippen LogP) is 2.35. The Kier molecular flexibility index (Phi) is 4.53. The van der Waals surface area contributed by atoms with Gasteiger partial charge in [0.05, 0.1) is 6.54 Å². The van der Waals surface area contributed by atoms with E-state index >= 15 is 0 Å². The molecule has 126 valence electrons. The third kappa shape index (κ3) is 3.57.